The molecule has 0 aromatic heterocycles. The van der Waals surface area contributed by atoms with E-state index in [4.69, 9.17) is 30.4 Å². The van der Waals surface area contributed by atoms with Crippen molar-refractivity contribution in [3.05, 3.63) is 139 Å². The number of nitrogens with one attached hydrogen (secondary N) is 1. The van der Waals surface area contributed by atoms with E-state index in [0.717, 1.165) is 106 Å². The quantitative estimate of drug-likeness (QED) is 0.0419. The van der Waals surface area contributed by atoms with E-state index in [1.54, 1.807) is 19.1 Å². The number of anilines is 5. The lowest BCUT2D eigenvalue weighted by molar-refractivity contribution is -0.387. The summed E-state index contributed by atoms with van der Waals surface area (Å²) in [6.07, 6.45) is 9.67. The Morgan fingerprint density at radius 1 is 0.424 bits per heavy atom. The van der Waals surface area contributed by atoms with Gasteiger partial charge in [0.15, 0.2) is 11.5 Å². The van der Waals surface area contributed by atoms with Crippen molar-refractivity contribution >= 4 is 45.5 Å². The monoisotopic (exact) mass is 1290 g/mol. The zero-order valence-corrected chi connectivity index (χ0v) is 56.0. The first-order valence-electron chi connectivity index (χ1n) is 31.6. The second kappa shape index (κ2) is 39.5. The van der Waals surface area contributed by atoms with E-state index < -0.39 is 37.9 Å². The van der Waals surface area contributed by atoms with Crippen molar-refractivity contribution in [2.45, 2.75) is 103 Å². The summed E-state index contributed by atoms with van der Waals surface area (Å²) in [5.41, 5.74) is 15.8. The molecule has 0 aliphatic carbocycles. The van der Waals surface area contributed by atoms with Gasteiger partial charge in [0.05, 0.1) is 52.6 Å². The molecular formula is C66H100F3N13O10. The first-order valence-corrected chi connectivity index (χ1v) is 31.6. The van der Waals surface area contributed by atoms with Gasteiger partial charge in [-0.05, 0) is 191 Å². The second-order valence-electron chi connectivity index (χ2n) is 23.3. The van der Waals surface area contributed by atoms with E-state index in [1.807, 2.05) is 39.0 Å². The number of nitro benzene ring substituents is 3. The SMILES string of the molecule is CCOc1cc(F)ccc1[N+](=O)[O-].CCOc1cc(N2CCC(N(C)C)CC2)ccc1N.CCOc1cc(N2CCC(N(C)C)CC2)ccc1N.CCOc1cc(N2CCC(N(C)C)CC2)ccc1[N+](=O)[O-].CN(C)C1CCNCC1.O=[N+]([O-])c1ccc(F)cc1F. The fourth-order valence-corrected chi connectivity index (χ4v) is 10.9. The van der Waals surface area contributed by atoms with Gasteiger partial charge in [0.25, 0.3) is 0 Å². The minimum absolute atomic E-state index is 0.0313. The highest BCUT2D eigenvalue weighted by Crippen LogP contribution is 2.35. The van der Waals surface area contributed by atoms with Crippen LogP contribution in [0.25, 0.3) is 0 Å². The van der Waals surface area contributed by atoms with Crippen LogP contribution in [0.5, 0.6) is 23.0 Å². The summed E-state index contributed by atoms with van der Waals surface area (Å²) in [6, 6.07) is 25.4. The largest absolute Gasteiger partial charge is 0.492 e. The molecule has 5 N–H and O–H groups in total. The van der Waals surface area contributed by atoms with Gasteiger partial charge in [-0.2, -0.15) is 4.39 Å². The lowest BCUT2D eigenvalue weighted by Gasteiger charge is -2.36. The van der Waals surface area contributed by atoms with Gasteiger partial charge in [0.2, 0.25) is 5.82 Å². The Balaban J connectivity index is 0.000000241. The predicted molar refractivity (Wildman–Crippen MR) is 362 cm³/mol. The lowest BCUT2D eigenvalue weighted by Crippen LogP contribution is -2.41. The molecule has 0 spiro atoms. The standard InChI is InChI=1S/C15H23N3O3.2C15H25N3O.C8H8FNO3.C7H16N2.C6H3F2NO2/c1-4-21-15-11-13(5-6-14(15)18(19)20)17-9-7-12(8-10-17)16(2)3;2*1-4-19-15-11-13(5-6-14(15)16)18-9-7-12(8-10-18)17(2)3;1-2-13-8-5-6(9)3-4-7(8)10(11)12;1-9(2)7-3-5-8-6-4-7;7-4-1-2-6(9(10)11)5(8)3-4/h5-6,11-12H,4,7-10H2,1-3H3;2*5-6,11-12H,4,7-10,16H2,1-3H3;3-5H,2H2,1H3;7-8H,3-6H2,1-2H3;1-3H. The Morgan fingerprint density at radius 2 is 0.707 bits per heavy atom. The molecule has 4 saturated heterocycles. The first kappa shape index (κ1) is 76.5. The molecule has 0 unspecified atom stereocenters. The third-order valence-corrected chi connectivity index (χ3v) is 16.3. The van der Waals surface area contributed by atoms with Crippen molar-refractivity contribution in [2.24, 2.45) is 0 Å². The number of piperidine rings is 4. The zero-order valence-electron chi connectivity index (χ0n) is 56.0. The Morgan fingerprint density at radius 3 is 1.02 bits per heavy atom. The summed E-state index contributed by atoms with van der Waals surface area (Å²) in [6.45, 7) is 18.2. The number of nitrogens with two attached hydrogens (primary N) is 2. The summed E-state index contributed by atoms with van der Waals surface area (Å²) >= 11 is 0. The number of rotatable bonds is 18. The van der Waals surface area contributed by atoms with Crippen molar-refractivity contribution in [2.75, 3.05) is 161 Å². The van der Waals surface area contributed by atoms with Crippen LogP contribution < -0.4 is 50.4 Å². The summed E-state index contributed by atoms with van der Waals surface area (Å²) in [4.78, 5) is 45.8. The van der Waals surface area contributed by atoms with Crippen molar-refractivity contribution in [3.63, 3.8) is 0 Å². The lowest BCUT2D eigenvalue weighted by atomic mass is 10.0. The van der Waals surface area contributed by atoms with Gasteiger partial charge in [0.1, 0.15) is 23.1 Å². The Kier molecular flexibility index (Phi) is 32.8. The van der Waals surface area contributed by atoms with E-state index in [1.165, 1.54) is 63.0 Å². The molecule has 4 aliphatic heterocycles. The number of ether oxygens (including phenoxy) is 4. The number of hydrogen-bond acceptors (Lipinski definition) is 20. The molecule has 5 aromatic carbocycles. The number of nitrogen functional groups attached to an aromatic ring is 2. The third-order valence-electron chi connectivity index (χ3n) is 16.3. The normalized spacial score (nSPS) is 15.5. The van der Waals surface area contributed by atoms with Crippen molar-refractivity contribution in [3.8, 4) is 23.0 Å². The molecule has 26 heteroatoms. The molecule has 4 aliphatic rings. The number of halogens is 3. The number of benzene rings is 5. The van der Waals surface area contributed by atoms with Crippen LogP contribution in [0.4, 0.5) is 58.7 Å². The third kappa shape index (κ3) is 24.9. The summed E-state index contributed by atoms with van der Waals surface area (Å²) in [5.74, 6) is -0.608. The van der Waals surface area contributed by atoms with Crippen LogP contribution in [0.15, 0.2) is 91.0 Å². The average molecular weight is 1290 g/mol. The Labute approximate surface area is 541 Å². The van der Waals surface area contributed by atoms with Gasteiger partial charge in [0, 0.05) is 129 Å². The van der Waals surface area contributed by atoms with Crippen LogP contribution in [-0.4, -0.2) is 194 Å². The van der Waals surface area contributed by atoms with Gasteiger partial charge in [-0.3, -0.25) is 30.3 Å². The summed E-state index contributed by atoms with van der Waals surface area (Å²) < 4.78 is 58.6. The molecule has 92 heavy (non-hydrogen) atoms. The van der Waals surface area contributed by atoms with Crippen LogP contribution >= 0.6 is 0 Å². The molecule has 0 radical (unpaired) electrons. The maximum Gasteiger partial charge on any atom is 0.311 e. The Bertz CT molecular complexity index is 2950. The van der Waals surface area contributed by atoms with Crippen molar-refractivity contribution in [1.29, 1.82) is 0 Å². The summed E-state index contributed by atoms with van der Waals surface area (Å²) in [7, 11) is 17.2. The molecule has 0 amide bonds. The van der Waals surface area contributed by atoms with Crippen molar-refractivity contribution in [1.82, 2.24) is 24.9 Å². The van der Waals surface area contributed by atoms with E-state index in [9.17, 15) is 43.5 Å². The smallest absolute Gasteiger partial charge is 0.311 e. The highest BCUT2D eigenvalue weighted by atomic mass is 19.1. The van der Waals surface area contributed by atoms with Gasteiger partial charge in [-0.15, -0.1) is 0 Å². The maximum absolute atomic E-state index is 12.6. The van der Waals surface area contributed by atoms with E-state index in [2.05, 4.69) is 120 Å². The molecule has 510 valence electrons. The number of hydrogen-bond donors (Lipinski definition) is 3. The zero-order chi connectivity index (χ0) is 68.0. The molecule has 0 bridgehead atoms. The fourth-order valence-electron chi connectivity index (χ4n) is 10.9. The van der Waals surface area contributed by atoms with Crippen LogP contribution in [-0.2, 0) is 0 Å². The first-order chi connectivity index (χ1) is 43.8. The molecule has 5 aromatic rings. The number of nitrogens with zero attached hydrogens (tertiary/aromatic N) is 10. The average Bonchev–Trinajstić information content (AvgIpc) is 1.05. The predicted octanol–water partition coefficient (Wildman–Crippen LogP) is 11.2. The molecule has 0 saturated carbocycles. The highest BCUT2D eigenvalue weighted by molar-refractivity contribution is 5.64. The molecule has 23 nitrogen and oxygen atoms in total. The van der Waals surface area contributed by atoms with Crippen LogP contribution in [0.3, 0.4) is 0 Å². The van der Waals surface area contributed by atoms with Gasteiger partial charge in [-0.1, -0.05) is 0 Å². The molecule has 4 heterocycles. The van der Waals surface area contributed by atoms with Gasteiger partial charge in [-0.25, -0.2) is 8.78 Å². The minimum atomic E-state index is -1.16. The maximum atomic E-state index is 12.6. The van der Waals surface area contributed by atoms with Crippen LogP contribution in [0, 0.1) is 47.8 Å². The minimum Gasteiger partial charge on any atom is -0.492 e. The second-order valence-corrected chi connectivity index (χ2v) is 23.3. The molecule has 0 atom stereocenters. The Hall–Kier alpha value is -7.91. The van der Waals surface area contributed by atoms with E-state index in [-0.39, 0.29) is 23.7 Å². The summed E-state index contributed by atoms with van der Waals surface area (Å²) in [5, 5.41) is 34.7. The fraction of sp³-hybridized carbons (Fsp3) is 0.545. The van der Waals surface area contributed by atoms with Crippen molar-refractivity contribution < 1.29 is 46.9 Å². The molecule has 4 fully saturated rings. The highest BCUT2D eigenvalue weighted by Gasteiger charge is 2.26. The van der Waals surface area contributed by atoms with E-state index >= 15 is 0 Å². The molecular weight excluding hydrogens is 1190 g/mol. The van der Waals surface area contributed by atoms with Crippen LogP contribution in [0.2, 0.25) is 0 Å². The number of nitro groups is 3. The van der Waals surface area contributed by atoms with Gasteiger partial charge < -0.3 is 70.0 Å². The van der Waals surface area contributed by atoms with E-state index in [0.29, 0.717) is 61.1 Å². The topological polar surface area (TPSA) is 253 Å². The molecule has 9 rings (SSSR count). The van der Waals surface area contributed by atoms with Gasteiger partial charge >= 0.3 is 17.1 Å². The van der Waals surface area contributed by atoms with Crippen LogP contribution in [0.1, 0.15) is 79.1 Å².